The molecule has 0 saturated carbocycles. The second-order valence-corrected chi connectivity index (χ2v) is 6.77. The summed E-state index contributed by atoms with van der Waals surface area (Å²) in [6, 6.07) is 17.8. The molecule has 0 aliphatic heterocycles. The van der Waals surface area contributed by atoms with Gasteiger partial charge in [-0.2, -0.15) is 5.10 Å². The van der Waals surface area contributed by atoms with Crippen molar-refractivity contribution in [2.45, 2.75) is 20.1 Å². The Morgan fingerprint density at radius 2 is 2.00 bits per heavy atom. The van der Waals surface area contributed by atoms with Crippen molar-refractivity contribution >= 4 is 12.0 Å². The Balaban J connectivity index is 1.29. The number of nitrogens with zero attached hydrogens (tertiary/aromatic N) is 4. The lowest BCUT2D eigenvalue weighted by atomic mass is 10.1. The largest absolute Gasteiger partial charge is 0.452 e. The Morgan fingerprint density at radius 3 is 2.83 bits per heavy atom. The molecule has 0 aliphatic rings. The molecule has 4 rings (SSSR count). The maximum Gasteiger partial charge on any atom is 0.331 e. The molecule has 0 fully saturated rings. The lowest BCUT2D eigenvalue weighted by molar-refractivity contribution is -0.139. The van der Waals surface area contributed by atoms with E-state index in [9.17, 15) is 4.79 Å². The maximum atomic E-state index is 12.0. The summed E-state index contributed by atoms with van der Waals surface area (Å²) in [6.45, 7) is 2.56. The fourth-order valence-electron chi connectivity index (χ4n) is 2.87. The Labute approximate surface area is 173 Å². The Kier molecular flexibility index (Phi) is 5.80. The molecule has 0 N–H and O–H groups in total. The van der Waals surface area contributed by atoms with Crippen LogP contribution in [0.25, 0.3) is 17.5 Å². The SMILES string of the molecule is Cc1cccc(-c2nnc(COC(=O)/C=C/c3cnn(Cc4ccccc4)c3)o2)c1. The average molecular weight is 400 g/mol. The van der Waals surface area contributed by atoms with Gasteiger partial charge in [-0.1, -0.05) is 48.0 Å². The van der Waals surface area contributed by atoms with Gasteiger partial charge in [-0.15, -0.1) is 10.2 Å². The summed E-state index contributed by atoms with van der Waals surface area (Å²) < 4.78 is 12.5. The average Bonchev–Trinajstić information content (AvgIpc) is 3.41. The zero-order valence-corrected chi connectivity index (χ0v) is 16.4. The quantitative estimate of drug-likeness (QED) is 0.344. The Morgan fingerprint density at radius 1 is 1.13 bits per heavy atom. The number of hydrogen-bond donors (Lipinski definition) is 0. The molecular formula is C23H20N4O3. The second-order valence-electron chi connectivity index (χ2n) is 6.77. The highest BCUT2D eigenvalue weighted by Crippen LogP contribution is 2.19. The van der Waals surface area contributed by atoms with E-state index in [4.69, 9.17) is 9.15 Å². The summed E-state index contributed by atoms with van der Waals surface area (Å²) in [5, 5.41) is 12.2. The fraction of sp³-hybridized carbons (Fsp3) is 0.130. The standard InChI is InChI=1S/C23H20N4O3/c1-17-6-5-9-20(12-17)23-26-25-21(30-23)16-29-22(28)11-10-19-13-24-27(15-19)14-18-7-3-2-4-8-18/h2-13,15H,14,16H2,1H3/b11-10+. The second kappa shape index (κ2) is 9.00. The minimum atomic E-state index is -0.499. The Hall–Kier alpha value is -4.00. The van der Waals surface area contributed by atoms with Crippen LogP contribution in [0, 0.1) is 6.92 Å². The number of carbonyl (C=O) groups is 1. The van der Waals surface area contributed by atoms with Gasteiger partial charge >= 0.3 is 5.97 Å². The molecular weight excluding hydrogens is 380 g/mol. The molecule has 4 aromatic rings. The smallest absolute Gasteiger partial charge is 0.331 e. The first-order chi connectivity index (χ1) is 14.7. The maximum absolute atomic E-state index is 12.0. The van der Waals surface area contributed by atoms with Crippen molar-refractivity contribution in [3.63, 3.8) is 0 Å². The molecule has 0 saturated heterocycles. The first-order valence-electron chi connectivity index (χ1n) is 9.46. The van der Waals surface area contributed by atoms with E-state index in [2.05, 4.69) is 15.3 Å². The van der Waals surface area contributed by atoms with Crippen LogP contribution in [0.5, 0.6) is 0 Å². The predicted molar refractivity (Wildman–Crippen MR) is 111 cm³/mol. The molecule has 2 aromatic heterocycles. The minimum Gasteiger partial charge on any atom is -0.452 e. The summed E-state index contributed by atoms with van der Waals surface area (Å²) in [7, 11) is 0. The van der Waals surface area contributed by atoms with E-state index >= 15 is 0 Å². The van der Waals surface area contributed by atoms with Gasteiger partial charge in [-0.05, 0) is 30.7 Å². The molecule has 0 bridgehead atoms. The van der Waals surface area contributed by atoms with Gasteiger partial charge in [-0.25, -0.2) is 4.79 Å². The molecule has 30 heavy (non-hydrogen) atoms. The highest BCUT2D eigenvalue weighted by Gasteiger charge is 2.10. The van der Waals surface area contributed by atoms with Crippen LogP contribution in [0.3, 0.4) is 0 Å². The number of aryl methyl sites for hydroxylation is 1. The van der Waals surface area contributed by atoms with E-state index in [1.54, 1.807) is 12.3 Å². The summed E-state index contributed by atoms with van der Waals surface area (Å²) >= 11 is 0. The van der Waals surface area contributed by atoms with E-state index in [0.29, 0.717) is 12.4 Å². The summed E-state index contributed by atoms with van der Waals surface area (Å²) in [5.41, 5.74) is 3.88. The van der Waals surface area contributed by atoms with Gasteiger partial charge in [-0.3, -0.25) is 4.68 Å². The van der Waals surface area contributed by atoms with Crippen molar-refractivity contribution in [2.75, 3.05) is 0 Å². The van der Waals surface area contributed by atoms with Crippen LogP contribution < -0.4 is 0 Å². The highest BCUT2D eigenvalue weighted by molar-refractivity contribution is 5.86. The third kappa shape index (κ3) is 5.08. The third-order valence-electron chi connectivity index (χ3n) is 4.32. The van der Waals surface area contributed by atoms with Gasteiger partial charge in [0.2, 0.25) is 5.89 Å². The first-order valence-corrected chi connectivity index (χ1v) is 9.46. The minimum absolute atomic E-state index is 0.0880. The predicted octanol–water partition coefficient (Wildman–Crippen LogP) is 4.05. The summed E-state index contributed by atoms with van der Waals surface area (Å²) in [5.74, 6) is 0.135. The zero-order valence-electron chi connectivity index (χ0n) is 16.4. The Bertz CT molecular complexity index is 1160. The lowest BCUT2D eigenvalue weighted by Crippen LogP contribution is -2.01. The summed E-state index contributed by atoms with van der Waals surface area (Å²) in [4.78, 5) is 12.0. The van der Waals surface area contributed by atoms with Crippen molar-refractivity contribution in [3.8, 4) is 11.5 Å². The van der Waals surface area contributed by atoms with E-state index < -0.39 is 5.97 Å². The van der Waals surface area contributed by atoms with Gasteiger partial charge in [0.05, 0.1) is 12.7 Å². The number of benzene rings is 2. The van der Waals surface area contributed by atoms with E-state index in [-0.39, 0.29) is 12.5 Å². The molecule has 150 valence electrons. The first kappa shape index (κ1) is 19.3. The van der Waals surface area contributed by atoms with E-state index in [1.807, 2.05) is 72.4 Å². The van der Waals surface area contributed by atoms with Crippen molar-refractivity contribution < 1.29 is 13.9 Å². The molecule has 2 aromatic carbocycles. The van der Waals surface area contributed by atoms with Crippen molar-refractivity contribution in [3.05, 3.63) is 95.6 Å². The van der Waals surface area contributed by atoms with Gasteiger partial charge in [0.25, 0.3) is 5.89 Å². The van der Waals surface area contributed by atoms with Crippen LogP contribution in [0.2, 0.25) is 0 Å². The van der Waals surface area contributed by atoms with Crippen LogP contribution >= 0.6 is 0 Å². The van der Waals surface area contributed by atoms with Gasteiger partial charge in [0.1, 0.15) is 0 Å². The van der Waals surface area contributed by atoms with E-state index in [0.717, 1.165) is 22.3 Å². The molecule has 0 atom stereocenters. The number of aromatic nitrogens is 4. The van der Waals surface area contributed by atoms with Crippen molar-refractivity contribution in [1.29, 1.82) is 0 Å². The number of carbonyl (C=O) groups excluding carboxylic acids is 1. The summed E-state index contributed by atoms with van der Waals surface area (Å²) in [6.07, 6.45) is 6.56. The molecule has 7 nitrogen and oxygen atoms in total. The number of ether oxygens (including phenoxy) is 1. The number of rotatable bonds is 7. The van der Waals surface area contributed by atoms with Gasteiger partial charge in [0.15, 0.2) is 6.61 Å². The van der Waals surface area contributed by atoms with Crippen LogP contribution in [0.15, 0.2) is 77.5 Å². The molecule has 0 unspecified atom stereocenters. The van der Waals surface area contributed by atoms with Gasteiger partial charge < -0.3 is 9.15 Å². The highest BCUT2D eigenvalue weighted by atomic mass is 16.5. The zero-order chi connectivity index (χ0) is 20.8. The van der Waals surface area contributed by atoms with E-state index in [1.165, 1.54) is 6.08 Å². The lowest BCUT2D eigenvalue weighted by Gasteiger charge is -2.00. The van der Waals surface area contributed by atoms with Crippen LogP contribution in [0.1, 0.15) is 22.6 Å². The topological polar surface area (TPSA) is 83.0 Å². The van der Waals surface area contributed by atoms with Crippen LogP contribution in [-0.4, -0.2) is 25.9 Å². The van der Waals surface area contributed by atoms with Crippen LogP contribution in [-0.2, 0) is 22.7 Å². The fourth-order valence-corrected chi connectivity index (χ4v) is 2.87. The normalized spacial score (nSPS) is 11.1. The van der Waals surface area contributed by atoms with Crippen molar-refractivity contribution in [2.24, 2.45) is 0 Å². The third-order valence-corrected chi connectivity index (χ3v) is 4.32. The van der Waals surface area contributed by atoms with Gasteiger partial charge in [0, 0.05) is 23.4 Å². The number of hydrogen-bond acceptors (Lipinski definition) is 6. The van der Waals surface area contributed by atoms with Crippen molar-refractivity contribution in [1.82, 2.24) is 20.0 Å². The van der Waals surface area contributed by atoms with Crippen LogP contribution in [0.4, 0.5) is 0 Å². The molecule has 0 spiro atoms. The molecule has 2 heterocycles. The molecule has 0 radical (unpaired) electrons. The number of esters is 1. The monoisotopic (exact) mass is 400 g/mol. The molecule has 0 amide bonds. The molecule has 0 aliphatic carbocycles. The molecule has 7 heteroatoms.